The van der Waals surface area contributed by atoms with E-state index in [-0.39, 0.29) is 10.6 Å². The summed E-state index contributed by atoms with van der Waals surface area (Å²) in [7, 11) is 0. The van der Waals surface area contributed by atoms with Gasteiger partial charge in [-0.15, -0.1) is 11.8 Å². The van der Waals surface area contributed by atoms with E-state index in [0.717, 1.165) is 4.90 Å². The molecule has 0 radical (unpaired) electrons. The van der Waals surface area contributed by atoms with E-state index < -0.39 is 0 Å². The molecule has 1 spiro atoms. The third-order valence-electron chi connectivity index (χ3n) is 4.84. The fourth-order valence-electron chi connectivity index (χ4n) is 3.99. The van der Waals surface area contributed by atoms with Crippen LogP contribution in [0.2, 0.25) is 0 Å². The molecule has 0 heterocycles. The van der Waals surface area contributed by atoms with E-state index in [4.69, 9.17) is 5.73 Å². The number of hydrogen-bond acceptors (Lipinski definition) is 2. The topological polar surface area (TPSA) is 26.0 Å². The highest BCUT2D eigenvalue weighted by Crippen LogP contribution is 2.62. The van der Waals surface area contributed by atoms with Crippen LogP contribution in [-0.2, 0) is 0 Å². The number of benzene rings is 1. The number of halogens is 1. The summed E-state index contributed by atoms with van der Waals surface area (Å²) in [5.74, 6) is -0.107. The second-order valence-electron chi connectivity index (χ2n) is 6.33. The Bertz CT molecular complexity index is 446. The lowest BCUT2D eigenvalue weighted by molar-refractivity contribution is 0.0401. The average Bonchev–Trinajstić information content (AvgIpc) is 2.40. The zero-order chi connectivity index (χ0) is 13.3. The summed E-state index contributed by atoms with van der Waals surface area (Å²) < 4.78 is 13.9. The van der Waals surface area contributed by atoms with Crippen molar-refractivity contribution in [3.05, 3.63) is 30.1 Å². The van der Waals surface area contributed by atoms with Gasteiger partial charge in [-0.05, 0) is 43.2 Å². The summed E-state index contributed by atoms with van der Waals surface area (Å²) in [6, 6.07) is 7.08. The van der Waals surface area contributed by atoms with Crippen molar-refractivity contribution in [3.8, 4) is 0 Å². The van der Waals surface area contributed by atoms with E-state index in [1.165, 1.54) is 44.9 Å². The van der Waals surface area contributed by atoms with Crippen molar-refractivity contribution in [2.24, 2.45) is 11.1 Å². The van der Waals surface area contributed by atoms with E-state index in [1.54, 1.807) is 23.9 Å². The molecule has 0 bridgehead atoms. The molecule has 2 N–H and O–H groups in total. The molecule has 2 aliphatic carbocycles. The van der Waals surface area contributed by atoms with Crippen molar-refractivity contribution in [2.45, 2.75) is 54.6 Å². The highest BCUT2D eigenvalue weighted by molar-refractivity contribution is 8.00. The highest BCUT2D eigenvalue weighted by Gasteiger charge is 2.54. The maximum Gasteiger partial charge on any atom is 0.136 e. The maximum atomic E-state index is 13.8. The summed E-state index contributed by atoms with van der Waals surface area (Å²) in [6.07, 6.45) is 9.18. The second-order valence-corrected chi connectivity index (χ2v) is 7.84. The number of thioether (sulfide) groups is 1. The Kier molecular flexibility index (Phi) is 3.61. The van der Waals surface area contributed by atoms with E-state index in [1.807, 2.05) is 12.1 Å². The van der Waals surface area contributed by atoms with Gasteiger partial charge in [-0.1, -0.05) is 31.4 Å². The number of nitrogens with two attached hydrogens (primary N) is 1. The van der Waals surface area contributed by atoms with Crippen LogP contribution in [0.5, 0.6) is 0 Å². The normalized spacial score (nSPS) is 24.1. The maximum absolute atomic E-state index is 13.8. The summed E-state index contributed by atoms with van der Waals surface area (Å²) in [5, 5.41) is 0. The van der Waals surface area contributed by atoms with Gasteiger partial charge in [-0.25, -0.2) is 4.39 Å². The molecule has 2 fully saturated rings. The molecule has 0 aromatic heterocycles. The van der Waals surface area contributed by atoms with E-state index in [2.05, 4.69) is 0 Å². The summed E-state index contributed by atoms with van der Waals surface area (Å²) in [5.41, 5.74) is 6.55. The van der Waals surface area contributed by atoms with Crippen LogP contribution in [0.1, 0.15) is 44.9 Å². The molecule has 0 saturated heterocycles. The molecule has 1 aromatic rings. The van der Waals surface area contributed by atoms with E-state index in [0.29, 0.717) is 12.0 Å². The Labute approximate surface area is 119 Å². The van der Waals surface area contributed by atoms with Gasteiger partial charge in [0, 0.05) is 16.2 Å². The Hall–Kier alpha value is -0.540. The molecular formula is C16H22FNS. The van der Waals surface area contributed by atoms with E-state index >= 15 is 0 Å². The fraction of sp³-hybridized carbons (Fsp3) is 0.625. The largest absolute Gasteiger partial charge is 0.329 e. The smallest absolute Gasteiger partial charge is 0.136 e. The second kappa shape index (κ2) is 5.10. The molecule has 104 valence electrons. The van der Waals surface area contributed by atoms with E-state index in [9.17, 15) is 4.39 Å². The van der Waals surface area contributed by atoms with Gasteiger partial charge >= 0.3 is 0 Å². The Morgan fingerprint density at radius 3 is 2.42 bits per heavy atom. The van der Waals surface area contributed by atoms with Gasteiger partial charge < -0.3 is 5.73 Å². The zero-order valence-electron chi connectivity index (χ0n) is 11.3. The molecule has 1 nitrogen and oxygen atoms in total. The molecule has 2 saturated carbocycles. The molecule has 3 heteroatoms. The van der Waals surface area contributed by atoms with Gasteiger partial charge in [-0.3, -0.25) is 0 Å². The Morgan fingerprint density at radius 1 is 1.11 bits per heavy atom. The van der Waals surface area contributed by atoms with Crippen molar-refractivity contribution in [1.29, 1.82) is 0 Å². The summed E-state index contributed by atoms with van der Waals surface area (Å²) in [4.78, 5) is 0.763. The Balaban J connectivity index is 1.71. The lowest BCUT2D eigenvalue weighted by atomic mass is 9.55. The van der Waals surface area contributed by atoms with Crippen molar-refractivity contribution >= 4 is 11.8 Å². The highest BCUT2D eigenvalue weighted by atomic mass is 32.2. The summed E-state index contributed by atoms with van der Waals surface area (Å²) in [6.45, 7) is 0.660. The zero-order valence-corrected chi connectivity index (χ0v) is 12.1. The molecule has 3 rings (SSSR count). The first-order valence-electron chi connectivity index (χ1n) is 7.31. The SMILES string of the molecule is NCC1(Sc2ccccc2F)CC2(CCCCC2)C1. The lowest BCUT2D eigenvalue weighted by Gasteiger charge is -2.57. The van der Waals surface area contributed by atoms with Gasteiger partial charge in [0.25, 0.3) is 0 Å². The lowest BCUT2D eigenvalue weighted by Crippen LogP contribution is -2.54. The van der Waals surface area contributed by atoms with Crippen LogP contribution in [-0.4, -0.2) is 11.3 Å². The summed E-state index contributed by atoms with van der Waals surface area (Å²) >= 11 is 1.67. The average molecular weight is 279 g/mol. The third kappa shape index (κ3) is 2.55. The van der Waals surface area contributed by atoms with Gasteiger partial charge in [0.1, 0.15) is 5.82 Å². The van der Waals surface area contributed by atoms with Crippen LogP contribution in [0.3, 0.4) is 0 Å². The minimum Gasteiger partial charge on any atom is -0.329 e. The van der Waals surface area contributed by atoms with Crippen LogP contribution in [0.4, 0.5) is 4.39 Å². The predicted molar refractivity (Wildman–Crippen MR) is 78.8 cm³/mol. The first-order valence-corrected chi connectivity index (χ1v) is 8.12. The molecule has 0 aliphatic heterocycles. The predicted octanol–water partition coefficient (Wildman–Crippen LogP) is 4.36. The van der Waals surface area contributed by atoms with Crippen LogP contribution in [0.15, 0.2) is 29.2 Å². The van der Waals surface area contributed by atoms with Crippen molar-refractivity contribution < 1.29 is 4.39 Å². The van der Waals surface area contributed by atoms with Gasteiger partial charge in [-0.2, -0.15) is 0 Å². The minimum absolute atomic E-state index is 0.0829. The fourth-order valence-corrected chi connectivity index (χ4v) is 5.61. The van der Waals surface area contributed by atoms with Crippen molar-refractivity contribution in [1.82, 2.24) is 0 Å². The number of hydrogen-bond donors (Lipinski definition) is 1. The van der Waals surface area contributed by atoms with Crippen LogP contribution in [0.25, 0.3) is 0 Å². The first-order chi connectivity index (χ1) is 9.17. The van der Waals surface area contributed by atoms with Crippen LogP contribution >= 0.6 is 11.8 Å². The molecule has 2 aliphatic rings. The van der Waals surface area contributed by atoms with Crippen molar-refractivity contribution in [2.75, 3.05) is 6.54 Å². The number of rotatable bonds is 3. The van der Waals surface area contributed by atoms with Gasteiger partial charge in [0.2, 0.25) is 0 Å². The quantitative estimate of drug-likeness (QED) is 0.889. The minimum atomic E-state index is -0.107. The molecule has 1 aromatic carbocycles. The standard InChI is InChI=1S/C16H22FNS/c17-13-6-2-3-7-14(13)19-16(12-18)10-15(11-16)8-4-1-5-9-15/h2-3,6-7H,1,4-5,8-12,18H2. The van der Waals surface area contributed by atoms with Crippen LogP contribution < -0.4 is 5.73 Å². The van der Waals surface area contributed by atoms with Crippen molar-refractivity contribution in [3.63, 3.8) is 0 Å². The molecule has 0 unspecified atom stereocenters. The molecule has 0 amide bonds. The molecule has 0 atom stereocenters. The molecular weight excluding hydrogens is 257 g/mol. The third-order valence-corrected chi connectivity index (χ3v) is 6.28. The van der Waals surface area contributed by atoms with Crippen LogP contribution in [0, 0.1) is 11.2 Å². The van der Waals surface area contributed by atoms with Gasteiger partial charge in [0.05, 0.1) is 0 Å². The first kappa shape index (κ1) is 13.4. The monoisotopic (exact) mass is 279 g/mol. The molecule has 19 heavy (non-hydrogen) atoms. The Morgan fingerprint density at radius 2 is 1.79 bits per heavy atom. The van der Waals surface area contributed by atoms with Gasteiger partial charge in [0.15, 0.2) is 0 Å².